The molecule has 1 aliphatic rings. The van der Waals surface area contributed by atoms with Crippen LogP contribution < -0.4 is 5.73 Å². The van der Waals surface area contributed by atoms with Gasteiger partial charge in [-0.2, -0.15) is 0 Å². The molecular formula is C20H24FN3O. The number of benzene rings is 1. The summed E-state index contributed by atoms with van der Waals surface area (Å²) < 4.78 is 13.3. The van der Waals surface area contributed by atoms with Crippen molar-refractivity contribution in [3.63, 3.8) is 0 Å². The molecule has 4 nitrogen and oxygen atoms in total. The van der Waals surface area contributed by atoms with Crippen LogP contribution in [0.1, 0.15) is 35.9 Å². The van der Waals surface area contributed by atoms with E-state index in [4.69, 9.17) is 5.73 Å². The number of hydrogen-bond acceptors (Lipinski definition) is 3. The Hall–Kier alpha value is -2.27. The highest BCUT2D eigenvalue weighted by Gasteiger charge is 2.33. The van der Waals surface area contributed by atoms with E-state index in [9.17, 15) is 9.18 Å². The first-order valence-corrected chi connectivity index (χ1v) is 8.76. The van der Waals surface area contributed by atoms with Gasteiger partial charge in [-0.1, -0.05) is 25.1 Å². The van der Waals surface area contributed by atoms with Crippen LogP contribution in [0.15, 0.2) is 36.4 Å². The average Bonchev–Trinajstić information content (AvgIpc) is 2.61. The first-order valence-electron chi connectivity index (χ1n) is 8.76. The molecule has 1 fully saturated rings. The number of hydrogen-bond donors (Lipinski definition) is 1. The minimum atomic E-state index is -0.301. The summed E-state index contributed by atoms with van der Waals surface area (Å²) in [5, 5.41) is 0. The molecule has 1 aliphatic heterocycles. The van der Waals surface area contributed by atoms with Gasteiger partial charge < -0.3 is 10.6 Å². The van der Waals surface area contributed by atoms with Crippen molar-refractivity contribution in [3.05, 3.63) is 53.6 Å². The van der Waals surface area contributed by atoms with Crippen molar-refractivity contribution in [3.8, 4) is 11.1 Å². The molecule has 0 spiro atoms. The van der Waals surface area contributed by atoms with Crippen molar-refractivity contribution in [2.75, 3.05) is 13.1 Å². The highest BCUT2D eigenvalue weighted by molar-refractivity contribution is 5.99. The number of carbonyl (C=O) groups is 1. The van der Waals surface area contributed by atoms with E-state index in [1.54, 1.807) is 12.1 Å². The van der Waals surface area contributed by atoms with Crippen LogP contribution in [0.3, 0.4) is 0 Å². The molecule has 132 valence electrons. The quantitative estimate of drug-likeness (QED) is 0.931. The molecule has 1 amide bonds. The maximum absolute atomic E-state index is 13.3. The van der Waals surface area contributed by atoms with E-state index in [-0.39, 0.29) is 17.8 Å². The summed E-state index contributed by atoms with van der Waals surface area (Å²) in [6, 6.07) is 9.94. The van der Waals surface area contributed by atoms with Crippen LogP contribution in [-0.4, -0.2) is 34.9 Å². The molecule has 2 heterocycles. The monoisotopic (exact) mass is 341 g/mol. The first-order chi connectivity index (χ1) is 12.0. The zero-order valence-corrected chi connectivity index (χ0v) is 14.7. The molecule has 2 N–H and O–H groups in total. The van der Waals surface area contributed by atoms with Crippen LogP contribution in [0.2, 0.25) is 0 Å². The van der Waals surface area contributed by atoms with Crippen LogP contribution >= 0.6 is 0 Å². The second-order valence-corrected chi connectivity index (χ2v) is 6.78. The largest absolute Gasteiger partial charge is 0.333 e. The van der Waals surface area contributed by atoms with Crippen molar-refractivity contribution in [2.24, 2.45) is 11.7 Å². The first kappa shape index (κ1) is 17.5. The number of carbonyl (C=O) groups excluding carboxylic acids is 1. The molecule has 5 heteroatoms. The van der Waals surface area contributed by atoms with Crippen molar-refractivity contribution in [2.45, 2.75) is 32.7 Å². The van der Waals surface area contributed by atoms with E-state index in [0.717, 1.165) is 29.7 Å². The van der Waals surface area contributed by atoms with Gasteiger partial charge in [0.05, 0.1) is 0 Å². The third-order valence-electron chi connectivity index (χ3n) is 5.01. The van der Waals surface area contributed by atoms with Crippen LogP contribution in [-0.2, 0) is 0 Å². The minimum absolute atomic E-state index is 0.0321. The van der Waals surface area contributed by atoms with Crippen LogP contribution in [0, 0.1) is 18.7 Å². The average molecular weight is 341 g/mol. The molecule has 2 atom stereocenters. The Morgan fingerprint density at radius 2 is 2.00 bits per heavy atom. The summed E-state index contributed by atoms with van der Waals surface area (Å²) >= 11 is 0. The van der Waals surface area contributed by atoms with Crippen LogP contribution in [0.25, 0.3) is 11.1 Å². The predicted octanol–water partition coefficient (Wildman–Crippen LogP) is 3.40. The SMILES string of the molecule is Cc1ccc(-c2ccc(F)cc2)c(C(=O)N2CCC[C@@H](C)C2CN)n1. The summed E-state index contributed by atoms with van der Waals surface area (Å²) in [5.74, 6) is -0.0171. The van der Waals surface area contributed by atoms with Gasteiger partial charge in [0.25, 0.3) is 5.91 Å². The Balaban J connectivity index is 2.02. The topological polar surface area (TPSA) is 59.2 Å². The summed E-state index contributed by atoms with van der Waals surface area (Å²) in [7, 11) is 0. The van der Waals surface area contributed by atoms with E-state index in [0.29, 0.717) is 24.7 Å². The predicted molar refractivity (Wildman–Crippen MR) is 96.6 cm³/mol. The molecule has 1 unspecified atom stereocenters. The number of aromatic nitrogens is 1. The smallest absolute Gasteiger partial charge is 0.273 e. The molecule has 1 aromatic heterocycles. The third kappa shape index (κ3) is 3.56. The number of pyridine rings is 1. The molecule has 1 saturated heterocycles. The van der Waals surface area contributed by atoms with Gasteiger partial charge in [-0.3, -0.25) is 4.79 Å². The lowest BCUT2D eigenvalue weighted by molar-refractivity contribution is 0.0527. The van der Waals surface area contributed by atoms with E-state index in [2.05, 4.69) is 11.9 Å². The minimum Gasteiger partial charge on any atom is -0.333 e. The lowest BCUT2D eigenvalue weighted by Crippen LogP contribution is -2.51. The van der Waals surface area contributed by atoms with Crippen molar-refractivity contribution < 1.29 is 9.18 Å². The number of nitrogens with two attached hydrogens (primary N) is 1. The van der Waals surface area contributed by atoms with E-state index < -0.39 is 0 Å². The lowest BCUT2D eigenvalue weighted by atomic mass is 9.90. The third-order valence-corrected chi connectivity index (χ3v) is 5.01. The van der Waals surface area contributed by atoms with E-state index in [1.807, 2.05) is 24.0 Å². The van der Waals surface area contributed by atoms with Gasteiger partial charge in [0.15, 0.2) is 0 Å². The molecule has 0 bridgehead atoms. The fraction of sp³-hybridized carbons (Fsp3) is 0.400. The van der Waals surface area contributed by atoms with E-state index >= 15 is 0 Å². The van der Waals surface area contributed by atoms with Crippen LogP contribution in [0.4, 0.5) is 4.39 Å². The molecule has 0 radical (unpaired) electrons. The van der Waals surface area contributed by atoms with Gasteiger partial charge in [-0.05, 0) is 49.4 Å². The summed E-state index contributed by atoms with van der Waals surface area (Å²) in [5.41, 5.74) is 8.65. The maximum atomic E-state index is 13.3. The lowest BCUT2D eigenvalue weighted by Gasteiger charge is -2.39. The highest BCUT2D eigenvalue weighted by atomic mass is 19.1. The number of nitrogens with zero attached hydrogens (tertiary/aromatic N) is 2. The number of rotatable bonds is 3. The summed E-state index contributed by atoms with van der Waals surface area (Å²) in [6.07, 6.45) is 2.05. The molecule has 25 heavy (non-hydrogen) atoms. The number of aryl methyl sites for hydroxylation is 1. The Labute approximate surface area is 147 Å². The molecule has 0 aliphatic carbocycles. The number of likely N-dealkylation sites (tertiary alicyclic amines) is 1. The van der Waals surface area contributed by atoms with Gasteiger partial charge in [0, 0.05) is 30.4 Å². The number of piperidine rings is 1. The fourth-order valence-electron chi connectivity index (χ4n) is 3.58. The molecule has 0 saturated carbocycles. The standard InChI is InChI=1S/C20H24FN3O/c1-13-4-3-11-24(18(13)12-22)20(25)19-17(10-5-14(2)23-19)15-6-8-16(21)9-7-15/h5-10,13,18H,3-4,11-12,22H2,1-2H3/t13-,18?/m1/s1. The van der Waals surface area contributed by atoms with Gasteiger partial charge >= 0.3 is 0 Å². The van der Waals surface area contributed by atoms with Crippen LogP contribution in [0.5, 0.6) is 0 Å². The molecule has 3 rings (SSSR count). The van der Waals surface area contributed by atoms with Gasteiger partial charge in [0.1, 0.15) is 11.5 Å². The Morgan fingerprint density at radius 3 is 2.68 bits per heavy atom. The van der Waals surface area contributed by atoms with E-state index in [1.165, 1.54) is 12.1 Å². The second kappa shape index (κ2) is 7.31. The van der Waals surface area contributed by atoms with Crippen molar-refractivity contribution in [1.82, 2.24) is 9.88 Å². The summed E-state index contributed by atoms with van der Waals surface area (Å²) in [6.45, 7) is 5.15. The second-order valence-electron chi connectivity index (χ2n) is 6.78. The number of amides is 1. The Kier molecular flexibility index (Phi) is 5.13. The fourth-order valence-corrected chi connectivity index (χ4v) is 3.58. The summed E-state index contributed by atoms with van der Waals surface area (Å²) in [4.78, 5) is 19.6. The maximum Gasteiger partial charge on any atom is 0.273 e. The molecule has 1 aromatic carbocycles. The highest BCUT2D eigenvalue weighted by Crippen LogP contribution is 2.28. The molecular weight excluding hydrogens is 317 g/mol. The number of halogens is 1. The van der Waals surface area contributed by atoms with Gasteiger partial charge in [-0.15, -0.1) is 0 Å². The van der Waals surface area contributed by atoms with Crippen molar-refractivity contribution in [1.29, 1.82) is 0 Å². The van der Waals surface area contributed by atoms with Crippen molar-refractivity contribution >= 4 is 5.91 Å². The van der Waals surface area contributed by atoms with Gasteiger partial charge in [0.2, 0.25) is 0 Å². The molecule has 2 aromatic rings. The zero-order valence-electron chi connectivity index (χ0n) is 14.7. The van der Waals surface area contributed by atoms with Gasteiger partial charge in [-0.25, -0.2) is 9.37 Å². The Morgan fingerprint density at radius 1 is 1.28 bits per heavy atom. The Bertz CT molecular complexity index is 760. The normalized spacial score (nSPS) is 20.6. The zero-order chi connectivity index (χ0) is 18.0.